The molecule has 5 nitrogen and oxygen atoms in total. The largest absolute Gasteiger partial charge is 0.361 e. The molecule has 0 radical (unpaired) electrons. The second-order valence-corrected chi connectivity index (χ2v) is 4.97. The number of aromatic nitrogens is 2. The van der Waals surface area contributed by atoms with Crippen molar-refractivity contribution >= 4 is 11.7 Å². The average Bonchev–Trinajstić information content (AvgIpc) is 2.69. The molecule has 0 aliphatic heterocycles. The molecular weight excluding hydrogens is 240 g/mol. The molecule has 0 spiro atoms. The minimum absolute atomic E-state index is 0.0866. The van der Waals surface area contributed by atoms with E-state index in [0.29, 0.717) is 6.54 Å². The Hall–Kier alpha value is -1.65. The molecule has 0 atom stereocenters. The van der Waals surface area contributed by atoms with Gasteiger partial charge in [0, 0.05) is 24.8 Å². The summed E-state index contributed by atoms with van der Waals surface area (Å²) in [7, 11) is 1.81. The van der Waals surface area contributed by atoms with Gasteiger partial charge in [-0.15, -0.1) is 0 Å². The highest BCUT2D eigenvalue weighted by Crippen LogP contribution is 2.23. The van der Waals surface area contributed by atoms with Crippen molar-refractivity contribution in [2.45, 2.75) is 39.0 Å². The van der Waals surface area contributed by atoms with Gasteiger partial charge >= 0.3 is 0 Å². The SMILES string of the molecule is CCN(C)C(=O)CNc1ncnc2c1CCCCC2. The van der Waals surface area contributed by atoms with E-state index in [9.17, 15) is 4.79 Å². The summed E-state index contributed by atoms with van der Waals surface area (Å²) in [4.78, 5) is 22.2. The molecule has 0 saturated heterocycles. The number of hydrogen-bond donors (Lipinski definition) is 1. The fourth-order valence-corrected chi connectivity index (χ4v) is 2.32. The van der Waals surface area contributed by atoms with Gasteiger partial charge in [0.15, 0.2) is 0 Å². The van der Waals surface area contributed by atoms with Crippen LogP contribution in [0.3, 0.4) is 0 Å². The van der Waals surface area contributed by atoms with E-state index in [1.165, 1.54) is 24.8 Å². The number of aryl methyl sites for hydroxylation is 1. The summed E-state index contributed by atoms with van der Waals surface area (Å²) in [5.41, 5.74) is 2.35. The van der Waals surface area contributed by atoms with Crippen LogP contribution in [-0.2, 0) is 17.6 Å². The number of nitrogens with one attached hydrogen (secondary N) is 1. The molecular formula is C14H22N4O. The Morgan fingerprint density at radius 1 is 1.32 bits per heavy atom. The number of anilines is 1. The fourth-order valence-electron chi connectivity index (χ4n) is 2.32. The first-order chi connectivity index (χ1) is 9.22. The van der Waals surface area contributed by atoms with Crippen molar-refractivity contribution in [1.29, 1.82) is 0 Å². The zero-order valence-electron chi connectivity index (χ0n) is 11.8. The smallest absolute Gasteiger partial charge is 0.241 e. The molecule has 1 aliphatic carbocycles. The number of amides is 1. The van der Waals surface area contributed by atoms with E-state index in [1.807, 2.05) is 14.0 Å². The fraction of sp³-hybridized carbons (Fsp3) is 0.643. The van der Waals surface area contributed by atoms with Gasteiger partial charge in [-0.3, -0.25) is 4.79 Å². The van der Waals surface area contributed by atoms with E-state index >= 15 is 0 Å². The van der Waals surface area contributed by atoms with E-state index in [-0.39, 0.29) is 5.91 Å². The zero-order chi connectivity index (χ0) is 13.7. The lowest BCUT2D eigenvalue weighted by Gasteiger charge is -2.16. The number of carbonyl (C=O) groups excluding carboxylic acids is 1. The Bertz CT molecular complexity index is 447. The lowest BCUT2D eigenvalue weighted by atomic mass is 10.1. The van der Waals surface area contributed by atoms with E-state index in [2.05, 4.69) is 15.3 Å². The summed E-state index contributed by atoms with van der Waals surface area (Å²) in [5, 5.41) is 3.17. The van der Waals surface area contributed by atoms with Gasteiger partial charge in [-0.2, -0.15) is 0 Å². The van der Waals surface area contributed by atoms with Crippen LogP contribution in [-0.4, -0.2) is 40.9 Å². The number of hydrogen-bond acceptors (Lipinski definition) is 4. The van der Waals surface area contributed by atoms with E-state index in [0.717, 1.165) is 30.9 Å². The lowest BCUT2D eigenvalue weighted by Crippen LogP contribution is -2.32. The quantitative estimate of drug-likeness (QED) is 0.838. The minimum Gasteiger partial charge on any atom is -0.361 e. The molecule has 5 heteroatoms. The van der Waals surface area contributed by atoms with Gasteiger partial charge in [0.2, 0.25) is 5.91 Å². The summed E-state index contributed by atoms with van der Waals surface area (Å²) in [6, 6.07) is 0. The Balaban J connectivity index is 2.06. The number of likely N-dealkylation sites (N-methyl/N-ethyl adjacent to an activating group) is 1. The third kappa shape index (κ3) is 3.43. The van der Waals surface area contributed by atoms with Crippen LogP contribution < -0.4 is 5.32 Å². The highest BCUT2D eigenvalue weighted by Gasteiger charge is 2.15. The molecule has 0 bridgehead atoms. The van der Waals surface area contributed by atoms with E-state index in [4.69, 9.17) is 0 Å². The van der Waals surface area contributed by atoms with Gasteiger partial charge in [-0.05, 0) is 32.6 Å². The highest BCUT2D eigenvalue weighted by atomic mass is 16.2. The van der Waals surface area contributed by atoms with Crippen molar-refractivity contribution in [1.82, 2.24) is 14.9 Å². The number of nitrogens with zero attached hydrogens (tertiary/aromatic N) is 3. The maximum absolute atomic E-state index is 11.8. The molecule has 0 aromatic carbocycles. The zero-order valence-corrected chi connectivity index (χ0v) is 11.8. The summed E-state index contributed by atoms with van der Waals surface area (Å²) in [5.74, 6) is 0.924. The highest BCUT2D eigenvalue weighted by molar-refractivity contribution is 5.80. The van der Waals surface area contributed by atoms with Crippen LogP contribution in [0.15, 0.2) is 6.33 Å². The van der Waals surface area contributed by atoms with Crippen molar-refractivity contribution < 1.29 is 4.79 Å². The summed E-state index contributed by atoms with van der Waals surface area (Å²) < 4.78 is 0. The third-order valence-electron chi connectivity index (χ3n) is 3.68. The van der Waals surface area contributed by atoms with Crippen molar-refractivity contribution in [3.05, 3.63) is 17.6 Å². The molecule has 1 N–H and O–H groups in total. The average molecular weight is 262 g/mol. The Morgan fingerprint density at radius 3 is 2.89 bits per heavy atom. The minimum atomic E-state index is 0.0866. The predicted octanol–water partition coefficient (Wildman–Crippen LogP) is 1.64. The van der Waals surface area contributed by atoms with Crippen LogP contribution in [0.1, 0.15) is 37.4 Å². The molecule has 0 unspecified atom stereocenters. The van der Waals surface area contributed by atoms with E-state index in [1.54, 1.807) is 11.2 Å². The monoisotopic (exact) mass is 262 g/mol. The molecule has 1 heterocycles. The molecule has 104 valence electrons. The van der Waals surface area contributed by atoms with Crippen LogP contribution >= 0.6 is 0 Å². The van der Waals surface area contributed by atoms with Gasteiger partial charge in [-0.1, -0.05) is 6.42 Å². The molecule has 1 aromatic heterocycles. The van der Waals surface area contributed by atoms with Crippen LogP contribution in [0.25, 0.3) is 0 Å². The van der Waals surface area contributed by atoms with Crippen LogP contribution in [0, 0.1) is 0 Å². The molecule has 1 amide bonds. The Labute approximate surface area is 114 Å². The first-order valence-corrected chi connectivity index (χ1v) is 7.03. The summed E-state index contributed by atoms with van der Waals surface area (Å²) in [6.07, 6.45) is 7.25. The Kier molecular flexibility index (Phi) is 4.71. The van der Waals surface area contributed by atoms with Crippen molar-refractivity contribution in [3.8, 4) is 0 Å². The lowest BCUT2D eigenvalue weighted by molar-refractivity contribution is -0.127. The first-order valence-electron chi connectivity index (χ1n) is 7.03. The van der Waals surface area contributed by atoms with Gasteiger partial charge in [-0.25, -0.2) is 9.97 Å². The number of carbonyl (C=O) groups is 1. The van der Waals surface area contributed by atoms with Crippen LogP contribution in [0.2, 0.25) is 0 Å². The van der Waals surface area contributed by atoms with Gasteiger partial charge < -0.3 is 10.2 Å². The van der Waals surface area contributed by atoms with Crippen molar-refractivity contribution in [2.75, 3.05) is 25.5 Å². The van der Waals surface area contributed by atoms with Gasteiger partial charge in [0.05, 0.1) is 6.54 Å². The van der Waals surface area contributed by atoms with E-state index < -0.39 is 0 Å². The van der Waals surface area contributed by atoms with Crippen LogP contribution in [0.5, 0.6) is 0 Å². The molecule has 19 heavy (non-hydrogen) atoms. The first kappa shape index (κ1) is 13.8. The molecule has 0 saturated carbocycles. The van der Waals surface area contributed by atoms with Crippen LogP contribution in [0.4, 0.5) is 5.82 Å². The topological polar surface area (TPSA) is 58.1 Å². The maximum Gasteiger partial charge on any atom is 0.241 e. The Morgan fingerprint density at radius 2 is 2.11 bits per heavy atom. The van der Waals surface area contributed by atoms with Gasteiger partial charge in [0.25, 0.3) is 0 Å². The molecule has 1 aromatic rings. The number of fused-ring (bicyclic) bond motifs is 1. The maximum atomic E-state index is 11.8. The van der Waals surface area contributed by atoms with Crippen molar-refractivity contribution in [2.24, 2.45) is 0 Å². The standard InChI is InChI=1S/C14H22N4O/c1-3-18(2)13(19)9-15-14-11-7-5-4-6-8-12(11)16-10-17-14/h10H,3-9H2,1-2H3,(H,15,16,17). The summed E-state index contributed by atoms with van der Waals surface area (Å²) >= 11 is 0. The van der Waals surface area contributed by atoms with Gasteiger partial charge in [0.1, 0.15) is 12.1 Å². The molecule has 1 aliphatic rings. The number of rotatable bonds is 4. The second-order valence-electron chi connectivity index (χ2n) is 4.97. The van der Waals surface area contributed by atoms with Crippen molar-refractivity contribution in [3.63, 3.8) is 0 Å². The second kappa shape index (κ2) is 6.50. The molecule has 0 fully saturated rings. The normalized spacial score (nSPS) is 14.4. The predicted molar refractivity (Wildman–Crippen MR) is 75.1 cm³/mol. The molecule has 2 rings (SSSR count). The summed E-state index contributed by atoms with van der Waals surface area (Å²) in [6.45, 7) is 2.99. The third-order valence-corrected chi connectivity index (χ3v) is 3.68.